The number of fused-ring (bicyclic) bond motifs is 1. The first-order chi connectivity index (χ1) is 12.5. The van der Waals surface area contributed by atoms with Crippen LogP contribution in [0, 0.1) is 6.92 Å². The van der Waals surface area contributed by atoms with Crippen molar-refractivity contribution in [3.05, 3.63) is 51.4 Å². The summed E-state index contributed by atoms with van der Waals surface area (Å²) >= 11 is 1.19. The molecule has 6 nitrogen and oxygen atoms in total. The van der Waals surface area contributed by atoms with Gasteiger partial charge in [0.1, 0.15) is 10.6 Å². The molecule has 0 atom stereocenters. The number of aryl methyl sites for hydroxylation is 2. The second kappa shape index (κ2) is 7.70. The molecule has 3 aromatic rings. The molecule has 0 saturated heterocycles. The third kappa shape index (κ3) is 3.48. The average Bonchev–Trinajstić information content (AvgIpc) is 2.96. The lowest BCUT2D eigenvalue weighted by Gasteiger charge is -2.06. The number of carbonyl (C=O) groups excluding carboxylic acids is 1. The van der Waals surface area contributed by atoms with Crippen LogP contribution in [0.15, 0.2) is 35.4 Å². The molecule has 1 amide bonds. The van der Waals surface area contributed by atoms with Gasteiger partial charge >= 0.3 is 0 Å². The van der Waals surface area contributed by atoms with E-state index in [4.69, 9.17) is 0 Å². The Balaban J connectivity index is 1.94. The fourth-order valence-corrected chi connectivity index (χ4v) is 3.86. The first-order valence-electron chi connectivity index (χ1n) is 8.60. The number of aromatic nitrogens is 2. The number of nitrogens with zero attached hydrogens (tertiary/aromatic N) is 2. The van der Waals surface area contributed by atoms with E-state index in [2.05, 4.69) is 17.2 Å². The Kier molecular flexibility index (Phi) is 5.37. The fourth-order valence-electron chi connectivity index (χ4n) is 2.83. The van der Waals surface area contributed by atoms with E-state index in [-0.39, 0.29) is 17.2 Å². The van der Waals surface area contributed by atoms with Crippen molar-refractivity contribution in [2.24, 2.45) is 0 Å². The van der Waals surface area contributed by atoms with Gasteiger partial charge in [-0.25, -0.2) is 4.98 Å². The minimum absolute atomic E-state index is 0.00369. The Morgan fingerprint density at radius 3 is 2.81 bits per heavy atom. The van der Waals surface area contributed by atoms with Crippen LogP contribution in [-0.2, 0) is 6.54 Å². The van der Waals surface area contributed by atoms with Crippen molar-refractivity contribution in [2.45, 2.75) is 39.7 Å². The molecule has 2 N–H and O–H groups in total. The van der Waals surface area contributed by atoms with Crippen LogP contribution in [-0.4, -0.2) is 20.6 Å². The number of unbranched alkanes of at least 4 members (excludes halogenated alkanes) is 2. The molecule has 2 aromatic heterocycles. The summed E-state index contributed by atoms with van der Waals surface area (Å²) in [4.78, 5) is 30.7. The van der Waals surface area contributed by atoms with Gasteiger partial charge < -0.3 is 10.4 Å². The maximum atomic E-state index is 12.7. The standard InChI is InChI=1S/C19H21N3O3S/c1-3-4-7-10-22-11-20-18-15(19(22)25)12(2)16(26-18)17(24)21-13-8-5-6-9-14(13)23/h5-6,8-9,11,23H,3-4,7,10H2,1-2H3,(H,21,24). The molecule has 0 aliphatic heterocycles. The highest BCUT2D eigenvalue weighted by Crippen LogP contribution is 2.29. The number of phenols is 1. The molecule has 26 heavy (non-hydrogen) atoms. The van der Waals surface area contributed by atoms with Crippen LogP contribution in [0.1, 0.15) is 41.4 Å². The highest BCUT2D eigenvalue weighted by atomic mass is 32.1. The van der Waals surface area contributed by atoms with E-state index in [0.717, 1.165) is 19.3 Å². The molecule has 7 heteroatoms. The number of para-hydroxylation sites is 2. The summed E-state index contributed by atoms with van der Waals surface area (Å²) in [6.07, 6.45) is 4.62. The fraction of sp³-hybridized carbons (Fsp3) is 0.316. The summed E-state index contributed by atoms with van der Waals surface area (Å²) < 4.78 is 1.61. The number of aromatic hydroxyl groups is 1. The first kappa shape index (κ1) is 18.1. The lowest BCUT2D eigenvalue weighted by molar-refractivity contribution is 0.102. The third-order valence-corrected chi connectivity index (χ3v) is 5.48. The van der Waals surface area contributed by atoms with E-state index in [9.17, 15) is 14.7 Å². The predicted octanol–water partition coefficient (Wildman–Crippen LogP) is 3.91. The summed E-state index contributed by atoms with van der Waals surface area (Å²) in [5.74, 6) is -0.361. The van der Waals surface area contributed by atoms with Crippen LogP contribution >= 0.6 is 11.3 Å². The Hall–Kier alpha value is -2.67. The predicted molar refractivity (Wildman–Crippen MR) is 104 cm³/mol. The number of benzene rings is 1. The van der Waals surface area contributed by atoms with E-state index in [1.807, 2.05) is 0 Å². The normalized spacial score (nSPS) is 11.0. The van der Waals surface area contributed by atoms with Gasteiger partial charge in [0.2, 0.25) is 0 Å². The Morgan fingerprint density at radius 2 is 2.08 bits per heavy atom. The Morgan fingerprint density at radius 1 is 1.31 bits per heavy atom. The van der Waals surface area contributed by atoms with Crippen LogP contribution in [0.4, 0.5) is 5.69 Å². The molecule has 1 aromatic carbocycles. The Labute approximate surface area is 155 Å². The molecule has 0 fully saturated rings. The first-order valence-corrected chi connectivity index (χ1v) is 9.42. The van der Waals surface area contributed by atoms with Gasteiger partial charge in [0.05, 0.1) is 22.3 Å². The number of thiophene rings is 1. The van der Waals surface area contributed by atoms with E-state index in [1.54, 1.807) is 36.0 Å². The smallest absolute Gasteiger partial charge is 0.266 e. The molecule has 0 unspecified atom stereocenters. The zero-order valence-electron chi connectivity index (χ0n) is 14.8. The van der Waals surface area contributed by atoms with E-state index >= 15 is 0 Å². The van der Waals surface area contributed by atoms with Crippen molar-refractivity contribution >= 4 is 33.1 Å². The number of nitrogens with one attached hydrogen (secondary N) is 1. The Bertz CT molecular complexity index is 1010. The highest BCUT2D eigenvalue weighted by Gasteiger charge is 2.20. The van der Waals surface area contributed by atoms with Crippen LogP contribution < -0.4 is 10.9 Å². The van der Waals surface area contributed by atoms with Gasteiger partial charge in [-0.3, -0.25) is 14.2 Å². The molecule has 0 aliphatic carbocycles. The van der Waals surface area contributed by atoms with Crippen molar-refractivity contribution in [1.82, 2.24) is 9.55 Å². The van der Waals surface area contributed by atoms with Crippen LogP contribution in [0.3, 0.4) is 0 Å². The molecule has 0 radical (unpaired) electrons. The van der Waals surface area contributed by atoms with Gasteiger partial charge in [-0.15, -0.1) is 11.3 Å². The number of carbonyl (C=O) groups is 1. The largest absolute Gasteiger partial charge is 0.506 e. The van der Waals surface area contributed by atoms with Crippen LogP contribution in [0.5, 0.6) is 5.75 Å². The van der Waals surface area contributed by atoms with Crippen molar-refractivity contribution < 1.29 is 9.90 Å². The molecule has 2 heterocycles. The maximum absolute atomic E-state index is 12.7. The molecule has 0 bridgehead atoms. The van der Waals surface area contributed by atoms with Gasteiger partial charge in [0.25, 0.3) is 11.5 Å². The molecule has 0 spiro atoms. The number of anilines is 1. The van der Waals surface area contributed by atoms with Crippen molar-refractivity contribution in [1.29, 1.82) is 0 Å². The zero-order valence-corrected chi connectivity index (χ0v) is 15.6. The van der Waals surface area contributed by atoms with E-state index < -0.39 is 0 Å². The van der Waals surface area contributed by atoms with E-state index in [0.29, 0.717) is 32.9 Å². The second-order valence-corrected chi connectivity index (χ2v) is 7.16. The monoisotopic (exact) mass is 371 g/mol. The number of hydrogen-bond acceptors (Lipinski definition) is 5. The molecular weight excluding hydrogens is 350 g/mol. The summed E-state index contributed by atoms with van der Waals surface area (Å²) in [7, 11) is 0. The topological polar surface area (TPSA) is 84.2 Å². The molecule has 3 rings (SSSR count). The SMILES string of the molecule is CCCCCn1cnc2sc(C(=O)Nc3ccccc3O)c(C)c2c1=O. The number of rotatable bonds is 6. The van der Waals surface area contributed by atoms with Crippen molar-refractivity contribution in [3.8, 4) is 5.75 Å². The highest BCUT2D eigenvalue weighted by molar-refractivity contribution is 7.20. The van der Waals surface area contributed by atoms with Gasteiger partial charge in [0.15, 0.2) is 0 Å². The summed E-state index contributed by atoms with van der Waals surface area (Å²) in [6, 6.07) is 6.53. The third-order valence-electron chi connectivity index (χ3n) is 4.28. The van der Waals surface area contributed by atoms with Crippen molar-refractivity contribution in [3.63, 3.8) is 0 Å². The minimum atomic E-state index is -0.357. The number of amides is 1. The van der Waals surface area contributed by atoms with Crippen molar-refractivity contribution in [2.75, 3.05) is 5.32 Å². The van der Waals surface area contributed by atoms with Crippen LogP contribution in [0.25, 0.3) is 10.2 Å². The number of hydrogen-bond donors (Lipinski definition) is 2. The lowest BCUT2D eigenvalue weighted by Crippen LogP contribution is -2.20. The summed E-state index contributed by atoms with van der Waals surface area (Å²) in [5, 5.41) is 13.0. The van der Waals surface area contributed by atoms with Gasteiger partial charge in [-0.05, 0) is 31.0 Å². The summed E-state index contributed by atoms with van der Waals surface area (Å²) in [6.45, 7) is 4.51. The quantitative estimate of drug-likeness (QED) is 0.508. The lowest BCUT2D eigenvalue weighted by atomic mass is 10.2. The molecule has 0 saturated carbocycles. The number of phenolic OH excluding ortho intramolecular Hbond substituents is 1. The van der Waals surface area contributed by atoms with Gasteiger partial charge in [0, 0.05) is 6.54 Å². The van der Waals surface area contributed by atoms with Gasteiger partial charge in [-0.2, -0.15) is 0 Å². The molecule has 0 aliphatic rings. The van der Waals surface area contributed by atoms with Gasteiger partial charge in [-0.1, -0.05) is 31.9 Å². The van der Waals surface area contributed by atoms with E-state index in [1.165, 1.54) is 17.4 Å². The average molecular weight is 371 g/mol. The minimum Gasteiger partial charge on any atom is -0.506 e. The summed E-state index contributed by atoms with van der Waals surface area (Å²) in [5.41, 5.74) is 0.848. The van der Waals surface area contributed by atoms with Crippen LogP contribution in [0.2, 0.25) is 0 Å². The zero-order chi connectivity index (χ0) is 18.7. The molecular formula is C19H21N3O3S. The second-order valence-electron chi connectivity index (χ2n) is 6.16. The maximum Gasteiger partial charge on any atom is 0.266 e. The molecule has 136 valence electrons.